The third-order valence-corrected chi connectivity index (χ3v) is 2.77. The molecule has 19 heavy (non-hydrogen) atoms. The van der Waals surface area contributed by atoms with Crippen molar-refractivity contribution in [3.8, 4) is 0 Å². The van der Waals surface area contributed by atoms with Crippen molar-refractivity contribution in [1.29, 1.82) is 0 Å². The van der Waals surface area contributed by atoms with E-state index in [1.807, 2.05) is 0 Å². The highest BCUT2D eigenvalue weighted by Crippen LogP contribution is 2.29. The molecule has 0 saturated carbocycles. The summed E-state index contributed by atoms with van der Waals surface area (Å²) >= 11 is 5.71. The van der Waals surface area contributed by atoms with Crippen molar-refractivity contribution in [2.45, 2.75) is 6.92 Å². The fourth-order valence-electron chi connectivity index (χ4n) is 1.54. The minimum absolute atomic E-state index is 0.0220. The second kappa shape index (κ2) is 5.19. The van der Waals surface area contributed by atoms with Gasteiger partial charge < -0.3 is 5.32 Å². The van der Waals surface area contributed by atoms with Crippen molar-refractivity contribution >= 4 is 28.8 Å². The van der Waals surface area contributed by atoms with E-state index in [0.717, 1.165) is 0 Å². The second-order valence-electron chi connectivity index (χ2n) is 3.80. The quantitative estimate of drug-likeness (QED) is 0.527. The number of pyridine rings is 1. The number of nitrogens with one attached hydrogen (secondary N) is 1. The maximum atomic E-state index is 13.4. The molecule has 5 nitrogen and oxygen atoms in total. The molecule has 1 heterocycles. The Morgan fingerprint density at radius 2 is 2.11 bits per heavy atom. The van der Waals surface area contributed by atoms with Crippen LogP contribution in [0.5, 0.6) is 0 Å². The molecule has 1 aromatic heterocycles. The summed E-state index contributed by atoms with van der Waals surface area (Å²) in [4.78, 5) is 14.2. The first-order chi connectivity index (χ1) is 8.99. The highest BCUT2D eigenvalue weighted by molar-refractivity contribution is 6.29. The number of anilines is 2. The average Bonchev–Trinajstić information content (AvgIpc) is 2.35. The van der Waals surface area contributed by atoms with Crippen LogP contribution in [0.2, 0.25) is 5.15 Å². The number of aromatic nitrogens is 1. The molecule has 98 valence electrons. The highest BCUT2D eigenvalue weighted by atomic mass is 35.5. The summed E-state index contributed by atoms with van der Waals surface area (Å²) in [6, 6.07) is 6.97. The lowest BCUT2D eigenvalue weighted by atomic mass is 10.2. The molecule has 0 fully saturated rings. The van der Waals surface area contributed by atoms with Gasteiger partial charge in [0.2, 0.25) is 5.82 Å². The summed E-state index contributed by atoms with van der Waals surface area (Å²) in [5.74, 6) is -0.430. The first-order valence-electron chi connectivity index (χ1n) is 5.32. The average molecular weight is 282 g/mol. The molecule has 2 aromatic rings. The fraction of sp³-hybridized carbons (Fsp3) is 0.0833. The second-order valence-corrected chi connectivity index (χ2v) is 4.18. The van der Waals surface area contributed by atoms with Crippen LogP contribution in [-0.4, -0.2) is 9.91 Å². The topological polar surface area (TPSA) is 68.1 Å². The van der Waals surface area contributed by atoms with E-state index in [2.05, 4.69) is 10.3 Å². The zero-order valence-corrected chi connectivity index (χ0v) is 10.6. The van der Waals surface area contributed by atoms with E-state index in [4.69, 9.17) is 11.6 Å². The van der Waals surface area contributed by atoms with Gasteiger partial charge in [-0.1, -0.05) is 17.7 Å². The third-order valence-electron chi connectivity index (χ3n) is 2.56. The molecule has 0 aliphatic carbocycles. The molecule has 2 rings (SSSR count). The smallest absolute Gasteiger partial charge is 0.311 e. The monoisotopic (exact) mass is 281 g/mol. The molecule has 0 bridgehead atoms. The van der Waals surface area contributed by atoms with Crippen molar-refractivity contribution in [1.82, 2.24) is 4.98 Å². The maximum absolute atomic E-state index is 13.4. The normalized spacial score (nSPS) is 10.3. The Kier molecular flexibility index (Phi) is 3.62. The predicted octanol–water partition coefficient (Wildman–Crippen LogP) is 3.83. The van der Waals surface area contributed by atoms with E-state index >= 15 is 0 Å². The standard InChI is InChI=1S/C12H9ClFN3O2/c1-7-8(14)3-2-4-9(7)15-12-10(17(18)19)5-6-11(13)16-12/h2-6H,1H3,(H,15,16). The van der Waals surface area contributed by atoms with Gasteiger partial charge in [-0.05, 0) is 25.1 Å². The molecule has 0 aliphatic heterocycles. The molecule has 0 unspecified atom stereocenters. The number of halogens is 2. The van der Waals surface area contributed by atoms with Crippen molar-refractivity contribution in [3.05, 3.63) is 57.0 Å². The number of hydrogen-bond acceptors (Lipinski definition) is 4. The molecule has 0 atom stereocenters. The SMILES string of the molecule is Cc1c(F)cccc1Nc1nc(Cl)ccc1[N+](=O)[O-]. The fourth-order valence-corrected chi connectivity index (χ4v) is 1.69. The molecule has 0 aliphatic rings. The lowest BCUT2D eigenvalue weighted by Crippen LogP contribution is -2.01. The van der Waals surface area contributed by atoms with Gasteiger partial charge in [-0.3, -0.25) is 10.1 Å². The predicted molar refractivity (Wildman–Crippen MR) is 70.3 cm³/mol. The summed E-state index contributed by atoms with van der Waals surface area (Å²) in [5, 5.41) is 13.7. The number of nitro groups is 1. The minimum Gasteiger partial charge on any atom is -0.334 e. The van der Waals surface area contributed by atoms with Crippen LogP contribution in [0.3, 0.4) is 0 Å². The van der Waals surface area contributed by atoms with Gasteiger partial charge in [-0.15, -0.1) is 0 Å². The number of nitrogens with zero attached hydrogens (tertiary/aromatic N) is 2. The van der Waals surface area contributed by atoms with Gasteiger partial charge in [-0.2, -0.15) is 0 Å². The summed E-state index contributed by atoms with van der Waals surface area (Å²) < 4.78 is 13.4. The van der Waals surface area contributed by atoms with Crippen molar-refractivity contribution < 1.29 is 9.31 Å². The zero-order chi connectivity index (χ0) is 14.0. The van der Waals surface area contributed by atoms with Crippen LogP contribution in [-0.2, 0) is 0 Å². The largest absolute Gasteiger partial charge is 0.334 e. The summed E-state index contributed by atoms with van der Waals surface area (Å²) in [5.41, 5.74) is 0.518. The van der Waals surface area contributed by atoms with E-state index < -0.39 is 10.7 Å². The third kappa shape index (κ3) is 2.79. The van der Waals surface area contributed by atoms with Gasteiger partial charge in [0.15, 0.2) is 0 Å². The molecule has 0 radical (unpaired) electrons. The minimum atomic E-state index is -0.583. The molecule has 1 N–H and O–H groups in total. The Hall–Kier alpha value is -2.21. The Bertz CT molecular complexity index is 649. The Morgan fingerprint density at radius 1 is 1.37 bits per heavy atom. The van der Waals surface area contributed by atoms with E-state index in [-0.39, 0.29) is 16.7 Å². The molecule has 0 spiro atoms. The summed E-state index contributed by atoms with van der Waals surface area (Å²) in [7, 11) is 0. The Morgan fingerprint density at radius 3 is 2.79 bits per heavy atom. The van der Waals surface area contributed by atoms with Gasteiger partial charge in [0.25, 0.3) is 0 Å². The molecule has 1 aromatic carbocycles. The maximum Gasteiger partial charge on any atom is 0.311 e. The number of hydrogen-bond donors (Lipinski definition) is 1. The Balaban J connectivity index is 2.45. The molecule has 7 heteroatoms. The first kappa shape index (κ1) is 13.2. The van der Waals surface area contributed by atoms with Crippen molar-refractivity contribution in [3.63, 3.8) is 0 Å². The lowest BCUT2D eigenvalue weighted by Gasteiger charge is -2.09. The zero-order valence-electron chi connectivity index (χ0n) is 9.85. The van der Waals surface area contributed by atoms with Crippen LogP contribution in [0.4, 0.5) is 21.6 Å². The van der Waals surface area contributed by atoms with E-state index in [9.17, 15) is 14.5 Å². The van der Waals surface area contributed by atoms with Crippen LogP contribution < -0.4 is 5.32 Å². The van der Waals surface area contributed by atoms with E-state index in [1.54, 1.807) is 13.0 Å². The van der Waals surface area contributed by atoms with Gasteiger partial charge in [-0.25, -0.2) is 9.37 Å². The van der Waals surface area contributed by atoms with E-state index in [0.29, 0.717) is 11.3 Å². The van der Waals surface area contributed by atoms with Gasteiger partial charge in [0.05, 0.1) is 4.92 Å². The van der Waals surface area contributed by atoms with Gasteiger partial charge in [0.1, 0.15) is 11.0 Å². The van der Waals surface area contributed by atoms with Crippen molar-refractivity contribution in [2.24, 2.45) is 0 Å². The first-order valence-corrected chi connectivity index (χ1v) is 5.70. The molecular formula is C12H9ClFN3O2. The van der Waals surface area contributed by atoms with Crippen LogP contribution in [0.1, 0.15) is 5.56 Å². The van der Waals surface area contributed by atoms with Crippen LogP contribution in [0.15, 0.2) is 30.3 Å². The van der Waals surface area contributed by atoms with Crippen LogP contribution in [0, 0.1) is 22.9 Å². The molecule has 0 saturated heterocycles. The lowest BCUT2D eigenvalue weighted by molar-refractivity contribution is -0.384. The highest BCUT2D eigenvalue weighted by Gasteiger charge is 2.17. The van der Waals surface area contributed by atoms with Crippen LogP contribution >= 0.6 is 11.6 Å². The number of rotatable bonds is 3. The summed E-state index contributed by atoms with van der Waals surface area (Å²) in [6.07, 6.45) is 0. The molecule has 0 amide bonds. The van der Waals surface area contributed by atoms with Crippen molar-refractivity contribution in [2.75, 3.05) is 5.32 Å². The van der Waals surface area contributed by atoms with Gasteiger partial charge >= 0.3 is 5.69 Å². The molecular weight excluding hydrogens is 273 g/mol. The van der Waals surface area contributed by atoms with Crippen LogP contribution in [0.25, 0.3) is 0 Å². The number of benzene rings is 1. The summed E-state index contributed by atoms with van der Waals surface area (Å²) in [6.45, 7) is 1.56. The Labute approximate surface area is 113 Å². The van der Waals surface area contributed by atoms with Gasteiger partial charge in [0, 0.05) is 17.3 Å². The van der Waals surface area contributed by atoms with E-state index in [1.165, 1.54) is 24.3 Å².